The first-order valence-electron chi connectivity index (χ1n) is 7.20. The Morgan fingerprint density at radius 1 is 1.40 bits per heavy atom. The van der Waals surface area contributed by atoms with Crippen LogP contribution >= 0.6 is 0 Å². The maximum Gasteiger partial charge on any atom is 0.120 e. The van der Waals surface area contributed by atoms with Crippen molar-refractivity contribution in [1.29, 1.82) is 0 Å². The summed E-state index contributed by atoms with van der Waals surface area (Å²) >= 11 is 0. The van der Waals surface area contributed by atoms with E-state index in [4.69, 9.17) is 9.84 Å². The third-order valence-corrected chi connectivity index (χ3v) is 3.32. The molecule has 0 aliphatic carbocycles. The van der Waals surface area contributed by atoms with Gasteiger partial charge in [-0.05, 0) is 38.6 Å². The minimum atomic E-state index is -0.120. The van der Waals surface area contributed by atoms with Crippen LogP contribution < -0.4 is 4.74 Å². The van der Waals surface area contributed by atoms with Crippen LogP contribution in [0.2, 0.25) is 0 Å². The predicted octanol–water partition coefficient (Wildman–Crippen LogP) is 2.53. The number of hydrogen-bond donors (Lipinski definition) is 1. The van der Waals surface area contributed by atoms with E-state index in [9.17, 15) is 0 Å². The molecule has 0 amide bonds. The molecule has 1 unspecified atom stereocenters. The van der Waals surface area contributed by atoms with Gasteiger partial charge < -0.3 is 14.7 Å². The first kappa shape index (κ1) is 16.6. The molecular formula is C17H25NO2. The Balaban J connectivity index is 2.42. The molecule has 1 N–H and O–H groups in total. The van der Waals surface area contributed by atoms with E-state index in [2.05, 4.69) is 37.6 Å². The predicted molar refractivity (Wildman–Crippen MR) is 82.9 cm³/mol. The highest BCUT2D eigenvalue weighted by Gasteiger charge is 2.07. The number of hydrogen-bond acceptors (Lipinski definition) is 3. The van der Waals surface area contributed by atoms with Gasteiger partial charge in [-0.2, -0.15) is 0 Å². The van der Waals surface area contributed by atoms with Gasteiger partial charge in [0.2, 0.25) is 0 Å². The minimum absolute atomic E-state index is 0.120. The highest BCUT2D eigenvalue weighted by molar-refractivity contribution is 5.39. The number of aliphatic hydroxyl groups is 1. The van der Waals surface area contributed by atoms with Gasteiger partial charge >= 0.3 is 0 Å². The number of rotatable bonds is 7. The molecule has 0 spiro atoms. The molecule has 0 saturated heterocycles. The molecular weight excluding hydrogens is 250 g/mol. The molecule has 0 aromatic heterocycles. The first-order valence-corrected chi connectivity index (χ1v) is 7.20. The number of likely N-dealkylation sites (N-methyl/N-ethyl adjacent to an activating group) is 1. The molecule has 1 atom stereocenters. The molecule has 3 heteroatoms. The van der Waals surface area contributed by atoms with Crippen LogP contribution in [0.15, 0.2) is 24.3 Å². The lowest BCUT2D eigenvalue weighted by atomic mass is 10.2. The lowest BCUT2D eigenvalue weighted by Gasteiger charge is -2.24. The van der Waals surface area contributed by atoms with E-state index in [1.165, 1.54) is 12.8 Å². The van der Waals surface area contributed by atoms with Gasteiger partial charge in [0.25, 0.3) is 0 Å². The maximum absolute atomic E-state index is 8.68. The van der Waals surface area contributed by atoms with E-state index in [0.29, 0.717) is 12.6 Å². The molecule has 0 heterocycles. The Morgan fingerprint density at radius 2 is 2.20 bits per heavy atom. The second kappa shape index (κ2) is 9.41. The Labute approximate surface area is 122 Å². The van der Waals surface area contributed by atoms with Gasteiger partial charge in [-0.1, -0.05) is 31.3 Å². The highest BCUT2D eigenvalue weighted by atomic mass is 16.5. The molecule has 1 aromatic rings. The fraction of sp³-hybridized carbons (Fsp3) is 0.529. The zero-order chi connectivity index (χ0) is 14.8. The van der Waals surface area contributed by atoms with E-state index in [0.717, 1.165) is 17.9 Å². The van der Waals surface area contributed by atoms with Crippen LogP contribution in [0.1, 0.15) is 32.3 Å². The molecule has 0 aliphatic rings. The number of ether oxygens (including phenoxy) is 1. The molecule has 0 aliphatic heterocycles. The van der Waals surface area contributed by atoms with Crippen LogP contribution in [0.25, 0.3) is 0 Å². The lowest BCUT2D eigenvalue weighted by Crippen LogP contribution is -2.32. The Morgan fingerprint density at radius 3 is 2.90 bits per heavy atom. The Bertz CT molecular complexity index is 448. The van der Waals surface area contributed by atoms with Crippen LogP contribution in [0.4, 0.5) is 0 Å². The topological polar surface area (TPSA) is 32.7 Å². The average Bonchev–Trinajstić information content (AvgIpc) is 2.45. The molecule has 0 fully saturated rings. The number of aliphatic hydroxyl groups excluding tert-OH is 1. The molecule has 0 saturated carbocycles. The highest BCUT2D eigenvalue weighted by Crippen LogP contribution is 2.12. The molecule has 0 radical (unpaired) electrons. The second-order valence-electron chi connectivity index (χ2n) is 4.95. The normalized spacial score (nSPS) is 11.8. The number of nitrogens with zero attached hydrogens (tertiary/aromatic N) is 1. The molecule has 3 nitrogen and oxygen atoms in total. The van der Waals surface area contributed by atoms with E-state index in [-0.39, 0.29) is 6.61 Å². The van der Waals surface area contributed by atoms with Gasteiger partial charge in [-0.15, -0.1) is 0 Å². The monoisotopic (exact) mass is 275 g/mol. The van der Waals surface area contributed by atoms with Crippen molar-refractivity contribution in [1.82, 2.24) is 4.90 Å². The molecule has 1 aromatic carbocycles. The van der Waals surface area contributed by atoms with Crippen molar-refractivity contribution in [2.24, 2.45) is 0 Å². The third kappa shape index (κ3) is 6.10. The van der Waals surface area contributed by atoms with Crippen LogP contribution in [0.5, 0.6) is 5.75 Å². The quantitative estimate of drug-likeness (QED) is 0.776. The SMILES string of the molecule is CCCC(C)N(C)CCOc1cccc(C#CCO)c1. The zero-order valence-corrected chi connectivity index (χ0v) is 12.7. The standard InChI is InChI=1S/C17H25NO2/c1-4-7-15(2)18(3)11-13-20-17-10-5-8-16(14-17)9-6-12-19/h5,8,10,14-15,19H,4,7,11-13H2,1-3H3. The second-order valence-corrected chi connectivity index (χ2v) is 4.95. The summed E-state index contributed by atoms with van der Waals surface area (Å²) in [7, 11) is 2.13. The minimum Gasteiger partial charge on any atom is -0.492 e. The summed E-state index contributed by atoms with van der Waals surface area (Å²) in [6.07, 6.45) is 2.42. The lowest BCUT2D eigenvalue weighted by molar-refractivity contribution is 0.193. The summed E-state index contributed by atoms with van der Waals surface area (Å²) in [6.45, 7) is 5.91. The van der Waals surface area contributed by atoms with Gasteiger partial charge in [-0.25, -0.2) is 0 Å². The van der Waals surface area contributed by atoms with Crippen molar-refractivity contribution in [3.63, 3.8) is 0 Å². The third-order valence-electron chi connectivity index (χ3n) is 3.32. The maximum atomic E-state index is 8.68. The molecule has 110 valence electrons. The van der Waals surface area contributed by atoms with Gasteiger partial charge in [0.15, 0.2) is 0 Å². The van der Waals surface area contributed by atoms with Crippen molar-refractivity contribution in [2.45, 2.75) is 32.7 Å². The molecule has 20 heavy (non-hydrogen) atoms. The van der Waals surface area contributed by atoms with E-state index < -0.39 is 0 Å². The summed E-state index contributed by atoms with van der Waals surface area (Å²) in [6, 6.07) is 8.24. The van der Waals surface area contributed by atoms with Crippen LogP contribution in [0.3, 0.4) is 0 Å². The fourth-order valence-corrected chi connectivity index (χ4v) is 1.97. The van der Waals surface area contributed by atoms with Crippen molar-refractivity contribution in [3.05, 3.63) is 29.8 Å². The summed E-state index contributed by atoms with van der Waals surface area (Å²) < 4.78 is 5.75. The van der Waals surface area contributed by atoms with Crippen molar-refractivity contribution in [2.75, 3.05) is 26.8 Å². The summed E-state index contributed by atoms with van der Waals surface area (Å²) in [4.78, 5) is 2.32. The van der Waals surface area contributed by atoms with Crippen molar-refractivity contribution < 1.29 is 9.84 Å². The van der Waals surface area contributed by atoms with Gasteiger partial charge in [0, 0.05) is 18.2 Å². The van der Waals surface area contributed by atoms with Crippen molar-refractivity contribution in [3.8, 4) is 17.6 Å². The Hall–Kier alpha value is -1.50. The van der Waals surface area contributed by atoms with Crippen molar-refractivity contribution >= 4 is 0 Å². The fourth-order valence-electron chi connectivity index (χ4n) is 1.97. The first-order chi connectivity index (χ1) is 9.67. The zero-order valence-electron chi connectivity index (χ0n) is 12.7. The van der Waals surface area contributed by atoms with Crippen LogP contribution in [0, 0.1) is 11.8 Å². The summed E-state index contributed by atoms with van der Waals surface area (Å²) in [5.41, 5.74) is 0.865. The summed E-state index contributed by atoms with van der Waals surface area (Å²) in [5.74, 6) is 6.34. The van der Waals surface area contributed by atoms with Gasteiger partial charge in [-0.3, -0.25) is 0 Å². The van der Waals surface area contributed by atoms with E-state index in [1.807, 2.05) is 24.3 Å². The molecule has 0 bridgehead atoms. The van der Waals surface area contributed by atoms with E-state index in [1.54, 1.807) is 0 Å². The smallest absolute Gasteiger partial charge is 0.120 e. The summed E-state index contributed by atoms with van der Waals surface area (Å²) in [5, 5.41) is 8.68. The van der Waals surface area contributed by atoms with Gasteiger partial charge in [0.1, 0.15) is 19.0 Å². The van der Waals surface area contributed by atoms with Crippen LogP contribution in [-0.4, -0.2) is 42.9 Å². The number of benzene rings is 1. The largest absolute Gasteiger partial charge is 0.492 e. The van der Waals surface area contributed by atoms with Crippen LogP contribution in [-0.2, 0) is 0 Å². The Kier molecular flexibility index (Phi) is 7.79. The average molecular weight is 275 g/mol. The van der Waals surface area contributed by atoms with Gasteiger partial charge in [0.05, 0.1) is 0 Å². The molecule has 1 rings (SSSR count). The van der Waals surface area contributed by atoms with E-state index >= 15 is 0 Å².